The Kier molecular flexibility index (Phi) is 8.07. The topological polar surface area (TPSA) is 104 Å². The molecule has 1 fully saturated rings. The van der Waals surface area contributed by atoms with Crippen LogP contribution in [-0.2, 0) is 16.1 Å². The lowest BCUT2D eigenvalue weighted by atomic mass is 10.2. The van der Waals surface area contributed by atoms with Gasteiger partial charge in [0.25, 0.3) is 0 Å². The summed E-state index contributed by atoms with van der Waals surface area (Å²) in [6.07, 6.45) is 2.94. The molecule has 1 amide bonds. The van der Waals surface area contributed by atoms with Crippen LogP contribution in [0.25, 0.3) is 11.3 Å². The van der Waals surface area contributed by atoms with Crippen molar-refractivity contribution in [3.63, 3.8) is 0 Å². The SMILES string of the molecule is CCS[C@@H]1[C@H](SCC)[C@@H](Cn2cc(-c3ccccc3)nn2)O[C@H]1n1ccc(NC(C)=O)nc1=O. The Labute approximate surface area is 206 Å². The van der Waals surface area contributed by atoms with Crippen molar-refractivity contribution < 1.29 is 9.53 Å². The molecule has 4 rings (SSSR count). The van der Waals surface area contributed by atoms with E-state index >= 15 is 0 Å². The molecule has 3 aromatic rings. The van der Waals surface area contributed by atoms with Crippen LogP contribution in [0.2, 0.25) is 0 Å². The number of thioether (sulfide) groups is 2. The number of ether oxygens (including phenoxy) is 1. The molecule has 9 nitrogen and oxygen atoms in total. The number of carbonyl (C=O) groups is 1. The van der Waals surface area contributed by atoms with Crippen molar-refractivity contribution in [3.05, 3.63) is 59.3 Å². The highest BCUT2D eigenvalue weighted by molar-refractivity contribution is 8.03. The molecule has 3 heterocycles. The molecule has 4 atom stereocenters. The molecule has 2 aromatic heterocycles. The molecule has 180 valence electrons. The smallest absolute Gasteiger partial charge is 0.350 e. The lowest BCUT2D eigenvalue weighted by molar-refractivity contribution is -0.114. The average molecular weight is 501 g/mol. The lowest BCUT2D eigenvalue weighted by Gasteiger charge is -2.23. The minimum atomic E-state index is -0.470. The second-order valence-electron chi connectivity index (χ2n) is 7.78. The lowest BCUT2D eigenvalue weighted by Crippen LogP contribution is -2.33. The van der Waals surface area contributed by atoms with Crippen molar-refractivity contribution in [2.75, 3.05) is 16.8 Å². The highest BCUT2D eigenvalue weighted by atomic mass is 32.2. The second-order valence-corrected chi connectivity index (χ2v) is 10.7. The molecule has 11 heteroatoms. The zero-order valence-electron chi connectivity index (χ0n) is 19.3. The molecule has 0 unspecified atom stereocenters. The number of nitrogens with one attached hydrogen (secondary N) is 1. The average Bonchev–Trinajstić information content (AvgIpc) is 3.41. The largest absolute Gasteiger partial charge is 0.351 e. The number of aromatic nitrogens is 5. The first-order chi connectivity index (χ1) is 16.5. The molecule has 0 bridgehead atoms. The Bertz CT molecular complexity index is 1170. The van der Waals surface area contributed by atoms with Crippen LogP contribution in [0.5, 0.6) is 0 Å². The van der Waals surface area contributed by atoms with Crippen LogP contribution in [-0.4, -0.2) is 58.6 Å². The van der Waals surface area contributed by atoms with Crippen LogP contribution < -0.4 is 11.0 Å². The molecule has 0 radical (unpaired) electrons. The Morgan fingerprint density at radius 3 is 2.53 bits per heavy atom. The van der Waals surface area contributed by atoms with Gasteiger partial charge in [-0.2, -0.15) is 28.5 Å². The van der Waals surface area contributed by atoms with Gasteiger partial charge in [-0.05, 0) is 17.6 Å². The maximum absolute atomic E-state index is 12.8. The number of nitrogens with zero attached hydrogens (tertiary/aromatic N) is 5. The summed E-state index contributed by atoms with van der Waals surface area (Å²) in [5.41, 5.74) is 1.36. The van der Waals surface area contributed by atoms with Gasteiger partial charge < -0.3 is 10.1 Å². The Hall–Kier alpha value is -2.63. The molecular weight excluding hydrogens is 472 g/mol. The summed E-state index contributed by atoms with van der Waals surface area (Å²) >= 11 is 3.61. The summed E-state index contributed by atoms with van der Waals surface area (Å²) in [5.74, 6) is 1.78. The summed E-state index contributed by atoms with van der Waals surface area (Å²) in [7, 11) is 0. The fourth-order valence-electron chi connectivity index (χ4n) is 4.01. The molecule has 0 spiro atoms. The summed E-state index contributed by atoms with van der Waals surface area (Å²) in [6.45, 7) is 6.14. The van der Waals surface area contributed by atoms with E-state index in [0.717, 1.165) is 22.8 Å². The summed E-state index contributed by atoms with van der Waals surface area (Å²) < 4.78 is 9.84. The molecule has 1 aromatic carbocycles. The third-order valence-electron chi connectivity index (χ3n) is 5.39. The van der Waals surface area contributed by atoms with Crippen LogP contribution >= 0.6 is 23.5 Å². The van der Waals surface area contributed by atoms with Crippen molar-refractivity contribution in [3.8, 4) is 11.3 Å². The molecule has 1 aliphatic heterocycles. The number of anilines is 1. The van der Waals surface area contributed by atoms with Crippen LogP contribution in [0, 0.1) is 0 Å². The highest BCUT2D eigenvalue weighted by Gasteiger charge is 2.46. The van der Waals surface area contributed by atoms with Crippen LogP contribution in [0.15, 0.2) is 53.6 Å². The van der Waals surface area contributed by atoms with E-state index in [0.29, 0.717) is 6.54 Å². The fraction of sp³-hybridized carbons (Fsp3) is 0.435. The van der Waals surface area contributed by atoms with Crippen LogP contribution in [0.1, 0.15) is 27.0 Å². The van der Waals surface area contributed by atoms with Gasteiger partial charge in [-0.15, -0.1) is 5.10 Å². The van der Waals surface area contributed by atoms with Gasteiger partial charge >= 0.3 is 5.69 Å². The monoisotopic (exact) mass is 500 g/mol. The fourth-order valence-corrected chi connectivity index (χ4v) is 6.67. The first-order valence-corrected chi connectivity index (χ1v) is 13.3. The molecule has 1 saturated heterocycles. The van der Waals surface area contributed by atoms with Gasteiger partial charge in [-0.3, -0.25) is 9.36 Å². The number of hydrogen-bond acceptors (Lipinski definition) is 8. The maximum Gasteiger partial charge on any atom is 0.351 e. The third kappa shape index (κ3) is 5.53. The Balaban J connectivity index is 1.59. The van der Waals surface area contributed by atoms with E-state index in [1.807, 2.05) is 53.0 Å². The molecular formula is C23H28N6O3S2. The number of amides is 1. The van der Waals surface area contributed by atoms with Gasteiger partial charge in [-0.25, -0.2) is 9.48 Å². The van der Waals surface area contributed by atoms with E-state index < -0.39 is 11.9 Å². The molecule has 0 saturated carbocycles. The third-order valence-corrected chi connectivity index (χ3v) is 8.12. The molecule has 1 aliphatic rings. The molecule has 1 N–H and O–H groups in total. The van der Waals surface area contributed by atoms with Gasteiger partial charge in [0.2, 0.25) is 5.91 Å². The molecule has 0 aliphatic carbocycles. The van der Waals surface area contributed by atoms with E-state index in [1.165, 1.54) is 11.5 Å². The Morgan fingerprint density at radius 2 is 1.85 bits per heavy atom. The number of carbonyl (C=O) groups excluding carboxylic acids is 1. The predicted molar refractivity (Wildman–Crippen MR) is 136 cm³/mol. The van der Waals surface area contributed by atoms with Crippen molar-refractivity contribution >= 4 is 35.2 Å². The second kappa shape index (κ2) is 11.2. The van der Waals surface area contributed by atoms with Crippen LogP contribution in [0.3, 0.4) is 0 Å². The summed E-state index contributed by atoms with van der Waals surface area (Å²) in [6, 6.07) is 11.6. The zero-order chi connectivity index (χ0) is 24.1. The zero-order valence-corrected chi connectivity index (χ0v) is 21.0. The number of benzene rings is 1. The minimum absolute atomic E-state index is 0.0585. The number of hydrogen-bond donors (Lipinski definition) is 1. The van der Waals surface area contributed by atoms with Gasteiger partial charge in [0.15, 0.2) is 6.23 Å². The van der Waals surface area contributed by atoms with Gasteiger partial charge in [0.05, 0.1) is 24.1 Å². The first-order valence-electron chi connectivity index (χ1n) is 11.2. The quantitative estimate of drug-likeness (QED) is 0.477. The molecule has 34 heavy (non-hydrogen) atoms. The van der Waals surface area contributed by atoms with Gasteiger partial charge in [0, 0.05) is 23.9 Å². The van der Waals surface area contributed by atoms with Crippen molar-refractivity contribution in [1.82, 2.24) is 24.5 Å². The van der Waals surface area contributed by atoms with E-state index in [4.69, 9.17) is 4.74 Å². The predicted octanol–water partition coefficient (Wildman–Crippen LogP) is 3.30. The van der Waals surface area contributed by atoms with Crippen molar-refractivity contribution in [2.45, 2.75) is 50.1 Å². The van der Waals surface area contributed by atoms with Crippen molar-refractivity contribution in [2.24, 2.45) is 0 Å². The summed E-state index contributed by atoms with van der Waals surface area (Å²) in [4.78, 5) is 28.2. The minimum Gasteiger partial charge on any atom is -0.350 e. The van der Waals surface area contributed by atoms with E-state index in [1.54, 1.807) is 24.0 Å². The normalized spacial score (nSPS) is 22.1. The first kappa shape index (κ1) is 24.5. The van der Waals surface area contributed by atoms with E-state index in [9.17, 15) is 9.59 Å². The van der Waals surface area contributed by atoms with Gasteiger partial charge in [-0.1, -0.05) is 49.4 Å². The van der Waals surface area contributed by atoms with E-state index in [-0.39, 0.29) is 28.3 Å². The van der Waals surface area contributed by atoms with E-state index in [2.05, 4.69) is 34.5 Å². The highest BCUT2D eigenvalue weighted by Crippen LogP contribution is 2.43. The maximum atomic E-state index is 12.8. The number of rotatable bonds is 9. The van der Waals surface area contributed by atoms with Crippen LogP contribution in [0.4, 0.5) is 5.82 Å². The van der Waals surface area contributed by atoms with Gasteiger partial charge in [0.1, 0.15) is 11.5 Å². The Morgan fingerprint density at radius 1 is 1.12 bits per heavy atom. The summed E-state index contributed by atoms with van der Waals surface area (Å²) in [5, 5.41) is 11.4. The van der Waals surface area contributed by atoms with Crippen molar-refractivity contribution in [1.29, 1.82) is 0 Å². The standard InChI is InChI=1S/C23H28N6O3S2/c1-4-33-20-18(14-28-13-17(26-27-28)16-9-7-6-8-10-16)32-22(21(20)34-5-2)29-12-11-19(24-15(3)30)25-23(29)31/h6-13,18,20-22H,4-5,14H2,1-3H3,(H,24,25,30,31)/t18-,20-,21-,22-/m1/s1.